The number of rotatable bonds is 3. The molecule has 1 aliphatic rings. The van der Waals surface area contributed by atoms with Crippen LogP contribution in [0.1, 0.15) is 24.0 Å². The zero-order valence-electron chi connectivity index (χ0n) is 12.2. The third-order valence-electron chi connectivity index (χ3n) is 3.92. The van der Waals surface area contributed by atoms with Gasteiger partial charge in [0.2, 0.25) is 5.91 Å². The van der Waals surface area contributed by atoms with Gasteiger partial charge in [0.25, 0.3) is 0 Å². The first-order chi connectivity index (χ1) is 9.86. The lowest BCUT2D eigenvalue weighted by Crippen LogP contribution is -2.49. The normalized spacial score (nSPS) is 17.3. The molecule has 0 saturated carbocycles. The number of amides is 1. The van der Waals surface area contributed by atoms with E-state index in [4.69, 9.17) is 22.7 Å². The molecule has 0 unspecified atom stereocenters. The average Bonchev–Trinajstić information content (AvgIpc) is 2.43. The molecule has 1 aliphatic heterocycles. The van der Waals surface area contributed by atoms with Gasteiger partial charge in [0.15, 0.2) is 0 Å². The van der Waals surface area contributed by atoms with Gasteiger partial charge in [-0.25, -0.2) is 0 Å². The van der Waals surface area contributed by atoms with E-state index in [9.17, 15) is 4.79 Å². The monoisotopic (exact) mass is 370 g/mol. The fourth-order valence-corrected chi connectivity index (χ4v) is 3.68. The minimum Gasteiger partial charge on any atom is -0.392 e. The van der Waals surface area contributed by atoms with E-state index in [-0.39, 0.29) is 10.9 Å². The number of nitrogens with two attached hydrogens (primary N) is 1. The topological polar surface area (TPSA) is 64.4 Å². The molecule has 0 spiro atoms. The smallest absolute Gasteiger partial charge is 0.237 e. The summed E-state index contributed by atoms with van der Waals surface area (Å²) in [6.07, 6.45) is 1.05. The number of thiocarbonyl (C=S) groups is 1. The van der Waals surface area contributed by atoms with Crippen LogP contribution in [0.3, 0.4) is 0 Å². The van der Waals surface area contributed by atoms with E-state index in [0.29, 0.717) is 26.1 Å². The van der Waals surface area contributed by atoms with Crippen LogP contribution in [-0.4, -0.2) is 24.1 Å². The van der Waals surface area contributed by atoms with Crippen LogP contribution in [0, 0.1) is 19.3 Å². The summed E-state index contributed by atoms with van der Waals surface area (Å²) in [6, 6.07) is 4.00. The van der Waals surface area contributed by atoms with Crippen molar-refractivity contribution in [1.29, 1.82) is 0 Å². The fourth-order valence-electron chi connectivity index (χ4n) is 2.61. The van der Waals surface area contributed by atoms with Crippen LogP contribution >= 0.6 is 28.1 Å². The lowest BCUT2D eigenvalue weighted by molar-refractivity contribution is -0.126. The summed E-state index contributed by atoms with van der Waals surface area (Å²) in [5.41, 5.74) is 7.95. The first kappa shape index (κ1) is 16.4. The molecule has 4 nitrogen and oxygen atoms in total. The van der Waals surface area contributed by atoms with Crippen LogP contribution < -0.4 is 11.1 Å². The molecule has 0 aliphatic carbocycles. The van der Waals surface area contributed by atoms with Crippen molar-refractivity contribution in [2.75, 3.05) is 18.5 Å². The fraction of sp³-hybridized carbons (Fsp3) is 0.467. The van der Waals surface area contributed by atoms with Gasteiger partial charge in [-0.1, -0.05) is 18.3 Å². The first-order valence-corrected chi connectivity index (χ1v) is 8.03. The number of benzene rings is 1. The third kappa shape index (κ3) is 3.27. The number of ether oxygens (including phenoxy) is 1. The van der Waals surface area contributed by atoms with E-state index < -0.39 is 5.41 Å². The Kier molecular flexibility index (Phi) is 5.01. The van der Waals surface area contributed by atoms with Gasteiger partial charge in [-0.15, -0.1) is 0 Å². The quantitative estimate of drug-likeness (QED) is 0.802. The van der Waals surface area contributed by atoms with Gasteiger partial charge >= 0.3 is 0 Å². The number of aryl methyl sites for hydroxylation is 2. The predicted octanol–water partition coefficient (Wildman–Crippen LogP) is 3.09. The Balaban J connectivity index is 2.30. The molecular formula is C15H19BrN2O2S. The second-order valence-corrected chi connectivity index (χ2v) is 6.75. The second kappa shape index (κ2) is 6.42. The maximum Gasteiger partial charge on any atom is 0.237 e. The number of carbonyl (C=O) groups is 1. The van der Waals surface area contributed by atoms with E-state index in [0.717, 1.165) is 21.3 Å². The number of hydrogen-bond donors (Lipinski definition) is 2. The molecule has 1 fully saturated rings. The molecule has 3 N–H and O–H groups in total. The van der Waals surface area contributed by atoms with Crippen molar-refractivity contribution in [3.05, 3.63) is 27.7 Å². The van der Waals surface area contributed by atoms with Crippen molar-refractivity contribution in [2.24, 2.45) is 11.1 Å². The van der Waals surface area contributed by atoms with Crippen molar-refractivity contribution in [3.63, 3.8) is 0 Å². The van der Waals surface area contributed by atoms with Gasteiger partial charge in [-0.3, -0.25) is 4.79 Å². The predicted molar refractivity (Wildman–Crippen MR) is 91.5 cm³/mol. The molecule has 0 radical (unpaired) electrons. The molecule has 0 aromatic heterocycles. The van der Waals surface area contributed by atoms with Gasteiger partial charge in [0, 0.05) is 17.7 Å². The summed E-state index contributed by atoms with van der Waals surface area (Å²) in [4.78, 5) is 13.0. The number of halogens is 1. The first-order valence-electron chi connectivity index (χ1n) is 6.83. The minimum atomic E-state index is -0.815. The Hall–Kier alpha value is -0.980. The molecule has 1 heterocycles. The maximum absolute atomic E-state index is 12.8. The largest absolute Gasteiger partial charge is 0.392 e. The minimum absolute atomic E-state index is 0.147. The highest BCUT2D eigenvalue weighted by atomic mass is 79.9. The van der Waals surface area contributed by atoms with E-state index in [1.807, 2.05) is 26.0 Å². The summed E-state index contributed by atoms with van der Waals surface area (Å²) < 4.78 is 6.19. The second-order valence-electron chi connectivity index (χ2n) is 5.45. The lowest BCUT2D eigenvalue weighted by atomic mass is 9.79. The molecule has 6 heteroatoms. The third-order valence-corrected chi connectivity index (χ3v) is 4.94. The molecule has 2 rings (SSSR count). The van der Waals surface area contributed by atoms with Crippen molar-refractivity contribution >= 4 is 44.7 Å². The van der Waals surface area contributed by atoms with Crippen molar-refractivity contribution in [2.45, 2.75) is 26.7 Å². The maximum atomic E-state index is 12.8. The van der Waals surface area contributed by atoms with Crippen LogP contribution in [0.5, 0.6) is 0 Å². The van der Waals surface area contributed by atoms with Crippen LogP contribution in [0.25, 0.3) is 0 Å². The molecule has 1 aromatic rings. The molecule has 0 atom stereocenters. The Morgan fingerprint density at radius 1 is 1.38 bits per heavy atom. The van der Waals surface area contributed by atoms with Gasteiger partial charge < -0.3 is 15.8 Å². The molecule has 21 heavy (non-hydrogen) atoms. The van der Waals surface area contributed by atoms with Gasteiger partial charge in [-0.2, -0.15) is 0 Å². The summed E-state index contributed by atoms with van der Waals surface area (Å²) in [7, 11) is 0. The lowest BCUT2D eigenvalue weighted by Gasteiger charge is -2.34. The van der Waals surface area contributed by atoms with Gasteiger partial charge in [-0.05, 0) is 59.8 Å². The molecule has 114 valence electrons. The van der Waals surface area contributed by atoms with E-state index in [1.165, 1.54) is 0 Å². The van der Waals surface area contributed by atoms with E-state index >= 15 is 0 Å². The zero-order valence-corrected chi connectivity index (χ0v) is 14.6. The number of nitrogens with one attached hydrogen (secondary N) is 1. The average molecular weight is 371 g/mol. The van der Waals surface area contributed by atoms with Gasteiger partial charge in [0.1, 0.15) is 5.41 Å². The highest BCUT2D eigenvalue weighted by Gasteiger charge is 2.43. The highest BCUT2D eigenvalue weighted by Crippen LogP contribution is 2.35. The molecule has 0 bridgehead atoms. The van der Waals surface area contributed by atoms with Gasteiger partial charge in [0.05, 0.1) is 10.7 Å². The van der Waals surface area contributed by atoms with Crippen LogP contribution in [-0.2, 0) is 9.53 Å². The van der Waals surface area contributed by atoms with Crippen molar-refractivity contribution in [3.8, 4) is 0 Å². The molecule has 1 saturated heterocycles. The Labute approximate surface area is 138 Å². The molecule has 1 aromatic carbocycles. The van der Waals surface area contributed by atoms with Crippen LogP contribution in [0.15, 0.2) is 16.6 Å². The molecule has 1 amide bonds. The molecular weight excluding hydrogens is 352 g/mol. The number of carbonyl (C=O) groups excluding carboxylic acids is 1. The summed E-state index contributed by atoms with van der Waals surface area (Å²) in [6.45, 7) is 4.97. The summed E-state index contributed by atoms with van der Waals surface area (Å²) in [5.74, 6) is -0.147. The van der Waals surface area contributed by atoms with Crippen molar-refractivity contribution < 1.29 is 9.53 Å². The Morgan fingerprint density at radius 3 is 2.52 bits per heavy atom. The SMILES string of the molecule is Cc1cc(C)c(NC(=O)C2(C(N)=S)CCOCC2)c(Br)c1. The van der Waals surface area contributed by atoms with E-state index in [2.05, 4.69) is 21.2 Å². The van der Waals surface area contributed by atoms with E-state index in [1.54, 1.807) is 0 Å². The van der Waals surface area contributed by atoms with Crippen molar-refractivity contribution in [1.82, 2.24) is 0 Å². The standard InChI is InChI=1S/C15H19BrN2O2S/c1-9-7-10(2)12(11(16)8-9)18-14(19)15(13(17)21)3-5-20-6-4-15/h7-8H,3-6H2,1-2H3,(H2,17,21)(H,18,19). The summed E-state index contributed by atoms with van der Waals surface area (Å²) in [5, 5.41) is 2.99. The van der Waals surface area contributed by atoms with Crippen LogP contribution in [0.4, 0.5) is 5.69 Å². The van der Waals surface area contributed by atoms with Crippen LogP contribution in [0.2, 0.25) is 0 Å². The highest BCUT2D eigenvalue weighted by molar-refractivity contribution is 9.10. The number of hydrogen-bond acceptors (Lipinski definition) is 3. The Bertz CT molecular complexity index is 560. The number of anilines is 1. The summed E-state index contributed by atoms with van der Waals surface area (Å²) >= 11 is 8.66. The Morgan fingerprint density at radius 2 is 2.00 bits per heavy atom. The zero-order chi connectivity index (χ0) is 15.6.